The number of hydrogen-bond acceptors (Lipinski definition) is 2. The van der Waals surface area contributed by atoms with Gasteiger partial charge in [0.05, 0.1) is 0 Å². The number of carbonyl (C=O) groups excluding carboxylic acids is 1. The second-order valence-electron chi connectivity index (χ2n) is 4.24. The van der Waals surface area contributed by atoms with E-state index in [1.807, 2.05) is 6.08 Å². The van der Waals surface area contributed by atoms with Crippen molar-refractivity contribution in [2.45, 2.75) is 25.7 Å². The predicted octanol–water partition coefficient (Wildman–Crippen LogP) is 1.43. The van der Waals surface area contributed by atoms with Gasteiger partial charge in [0.15, 0.2) is 0 Å². The van der Waals surface area contributed by atoms with Crippen LogP contribution in [0.3, 0.4) is 0 Å². The molecule has 1 amide bonds. The molecular formula is C12H18N2O. The molecule has 1 saturated heterocycles. The van der Waals surface area contributed by atoms with Gasteiger partial charge in [-0.25, -0.2) is 0 Å². The lowest BCUT2D eigenvalue weighted by atomic mass is 10.1. The molecular weight excluding hydrogens is 188 g/mol. The predicted molar refractivity (Wildman–Crippen MR) is 60.3 cm³/mol. The van der Waals surface area contributed by atoms with Gasteiger partial charge < -0.3 is 10.2 Å². The molecule has 1 N–H and O–H groups in total. The molecule has 0 aromatic carbocycles. The van der Waals surface area contributed by atoms with E-state index in [0.29, 0.717) is 0 Å². The van der Waals surface area contributed by atoms with Crippen LogP contribution in [0.5, 0.6) is 0 Å². The molecule has 0 unspecified atom stereocenters. The van der Waals surface area contributed by atoms with Crippen LogP contribution in [-0.4, -0.2) is 30.4 Å². The van der Waals surface area contributed by atoms with E-state index in [0.717, 1.165) is 37.3 Å². The van der Waals surface area contributed by atoms with E-state index in [4.69, 9.17) is 0 Å². The first-order valence-corrected chi connectivity index (χ1v) is 5.70. The summed E-state index contributed by atoms with van der Waals surface area (Å²) in [5.74, 6) is 0.0595. The molecule has 0 spiro atoms. The number of nitrogens with one attached hydrogen (secondary N) is 1. The molecule has 0 aromatic heterocycles. The Morgan fingerprint density at radius 1 is 1.27 bits per heavy atom. The molecule has 0 saturated carbocycles. The van der Waals surface area contributed by atoms with Crippen molar-refractivity contribution in [1.29, 1.82) is 0 Å². The quantitative estimate of drug-likeness (QED) is 0.650. The number of fused-ring (bicyclic) bond motifs is 1. The summed E-state index contributed by atoms with van der Waals surface area (Å²) in [5, 5.41) is 2.88. The Morgan fingerprint density at radius 3 is 3.00 bits per heavy atom. The summed E-state index contributed by atoms with van der Waals surface area (Å²) in [5.41, 5.74) is 1.89. The molecule has 0 bridgehead atoms. The summed E-state index contributed by atoms with van der Waals surface area (Å²) < 4.78 is 0. The van der Waals surface area contributed by atoms with Crippen molar-refractivity contribution in [3.8, 4) is 0 Å². The summed E-state index contributed by atoms with van der Waals surface area (Å²) in [7, 11) is 0. The van der Waals surface area contributed by atoms with Gasteiger partial charge in [0.1, 0.15) is 5.70 Å². The molecule has 0 aliphatic carbocycles. The molecule has 2 aliphatic heterocycles. The SMILES string of the molecule is C=C1/C=C2/C(=O)NCCN2CCCCC1. The molecule has 15 heavy (non-hydrogen) atoms. The third kappa shape index (κ3) is 2.41. The molecule has 0 radical (unpaired) electrons. The number of hydrogen-bond donors (Lipinski definition) is 1. The van der Waals surface area contributed by atoms with E-state index >= 15 is 0 Å². The standard InChI is InChI=1S/C12H18N2O/c1-10-5-3-2-4-7-14-8-6-13-12(15)11(14)9-10/h9H,1-8H2,(H,13,15)/b11-9-. The number of piperazine rings is 1. The van der Waals surface area contributed by atoms with E-state index in [9.17, 15) is 4.79 Å². The summed E-state index contributed by atoms with van der Waals surface area (Å²) >= 11 is 0. The molecule has 2 rings (SSSR count). The van der Waals surface area contributed by atoms with E-state index in [1.54, 1.807) is 0 Å². The largest absolute Gasteiger partial charge is 0.365 e. The first-order chi connectivity index (χ1) is 7.27. The van der Waals surface area contributed by atoms with E-state index in [1.165, 1.54) is 19.3 Å². The van der Waals surface area contributed by atoms with Crippen molar-refractivity contribution in [1.82, 2.24) is 10.2 Å². The van der Waals surface area contributed by atoms with Crippen LogP contribution in [-0.2, 0) is 4.79 Å². The number of rotatable bonds is 0. The summed E-state index contributed by atoms with van der Waals surface area (Å²) in [6, 6.07) is 0. The van der Waals surface area contributed by atoms with Gasteiger partial charge in [0.2, 0.25) is 0 Å². The van der Waals surface area contributed by atoms with Crippen LogP contribution >= 0.6 is 0 Å². The Kier molecular flexibility index (Phi) is 3.09. The van der Waals surface area contributed by atoms with E-state index in [2.05, 4.69) is 16.8 Å². The maximum absolute atomic E-state index is 11.7. The monoisotopic (exact) mass is 206 g/mol. The highest BCUT2D eigenvalue weighted by molar-refractivity contribution is 5.94. The minimum absolute atomic E-state index is 0.0595. The molecule has 3 nitrogen and oxygen atoms in total. The van der Waals surface area contributed by atoms with Gasteiger partial charge in [-0.1, -0.05) is 18.6 Å². The molecule has 0 atom stereocenters. The fraction of sp³-hybridized carbons (Fsp3) is 0.583. The Hall–Kier alpha value is -1.25. The van der Waals surface area contributed by atoms with E-state index in [-0.39, 0.29) is 5.91 Å². The molecule has 82 valence electrons. The van der Waals surface area contributed by atoms with Crippen LogP contribution in [0.2, 0.25) is 0 Å². The normalized spacial score (nSPS) is 26.7. The van der Waals surface area contributed by atoms with Crippen LogP contribution in [0.4, 0.5) is 0 Å². The number of allylic oxidation sites excluding steroid dienone is 2. The summed E-state index contributed by atoms with van der Waals surface area (Å²) in [4.78, 5) is 13.9. The number of nitrogens with zero attached hydrogens (tertiary/aromatic N) is 1. The van der Waals surface area contributed by atoms with E-state index < -0.39 is 0 Å². The first-order valence-electron chi connectivity index (χ1n) is 5.70. The fourth-order valence-electron chi connectivity index (χ4n) is 2.15. The molecule has 2 aliphatic rings. The minimum atomic E-state index is 0.0595. The third-order valence-electron chi connectivity index (χ3n) is 3.01. The van der Waals surface area contributed by atoms with Crippen molar-refractivity contribution in [2.75, 3.05) is 19.6 Å². The van der Waals surface area contributed by atoms with Gasteiger partial charge in [-0.3, -0.25) is 4.79 Å². The Bertz CT molecular complexity index is 307. The summed E-state index contributed by atoms with van der Waals surface area (Å²) in [6.45, 7) is 6.71. The average molecular weight is 206 g/mol. The first kappa shape index (κ1) is 10.3. The maximum atomic E-state index is 11.7. The maximum Gasteiger partial charge on any atom is 0.267 e. The Balaban J connectivity index is 2.21. The van der Waals surface area contributed by atoms with Crippen molar-refractivity contribution < 1.29 is 4.79 Å². The van der Waals surface area contributed by atoms with Gasteiger partial charge >= 0.3 is 0 Å². The van der Waals surface area contributed by atoms with Crippen molar-refractivity contribution in [3.05, 3.63) is 23.9 Å². The number of carbonyl (C=O) groups is 1. The minimum Gasteiger partial charge on any atom is -0.365 e. The van der Waals surface area contributed by atoms with Crippen LogP contribution in [0.15, 0.2) is 23.9 Å². The second kappa shape index (κ2) is 4.51. The second-order valence-corrected chi connectivity index (χ2v) is 4.24. The van der Waals surface area contributed by atoms with Crippen LogP contribution in [0.1, 0.15) is 25.7 Å². The lowest BCUT2D eigenvalue weighted by Crippen LogP contribution is -2.46. The highest BCUT2D eigenvalue weighted by Crippen LogP contribution is 2.18. The highest BCUT2D eigenvalue weighted by Gasteiger charge is 2.22. The Labute approximate surface area is 90.8 Å². The van der Waals surface area contributed by atoms with Crippen molar-refractivity contribution in [3.63, 3.8) is 0 Å². The number of amides is 1. The smallest absolute Gasteiger partial charge is 0.267 e. The van der Waals surface area contributed by atoms with Gasteiger partial charge in [-0.2, -0.15) is 0 Å². The zero-order valence-electron chi connectivity index (χ0n) is 9.09. The van der Waals surface area contributed by atoms with Crippen LogP contribution in [0.25, 0.3) is 0 Å². The zero-order valence-corrected chi connectivity index (χ0v) is 9.09. The van der Waals surface area contributed by atoms with Gasteiger partial charge in [0, 0.05) is 19.6 Å². The molecule has 3 heteroatoms. The third-order valence-corrected chi connectivity index (χ3v) is 3.01. The average Bonchev–Trinajstić information content (AvgIpc) is 2.30. The van der Waals surface area contributed by atoms with Crippen molar-refractivity contribution in [2.24, 2.45) is 0 Å². The van der Waals surface area contributed by atoms with Gasteiger partial charge in [-0.15, -0.1) is 0 Å². The molecule has 0 aromatic rings. The molecule has 2 heterocycles. The van der Waals surface area contributed by atoms with Gasteiger partial charge in [0.25, 0.3) is 5.91 Å². The zero-order chi connectivity index (χ0) is 10.7. The van der Waals surface area contributed by atoms with Crippen LogP contribution in [0, 0.1) is 0 Å². The molecule has 1 fully saturated rings. The lowest BCUT2D eigenvalue weighted by Gasteiger charge is -2.30. The van der Waals surface area contributed by atoms with Gasteiger partial charge in [-0.05, 0) is 25.3 Å². The van der Waals surface area contributed by atoms with Crippen molar-refractivity contribution >= 4 is 5.91 Å². The Morgan fingerprint density at radius 2 is 2.13 bits per heavy atom. The summed E-state index contributed by atoms with van der Waals surface area (Å²) in [6.07, 6.45) is 6.58. The van der Waals surface area contributed by atoms with Crippen LogP contribution < -0.4 is 5.32 Å². The topological polar surface area (TPSA) is 32.3 Å². The lowest BCUT2D eigenvalue weighted by molar-refractivity contribution is -0.120. The fourth-order valence-corrected chi connectivity index (χ4v) is 2.15. The highest BCUT2D eigenvalue weighted by atomic mass is 16.2.